The number of rotatable bonds is 5. The van der Waals surface area contributed by atoms with E-state index >= 15 is 0 Å². The van der Waals surface area contributed by atoms with Gasteiger partial charge in [-0.1, -0.05) is 18.5 Å². The van der Waals surface area contributed by atoms with Gasteiger partial charge in [0.15, 0.2) is 0 Å². The van der Waals surface area contributed by atoms with Crippen LogP contribution in [0.25, 0.3) is 0 Å². The van der Waals surface area contributed by atoms with Crippen molar-refractivity contribution in [2.75, 3.05) is 18.1 Å². The zero-order valence-corrected chi connectivity index (χ0v) is 12.2. The number of hydrogen-bond acceptors (Lipinski definition) is 2. The first-order valence-electron chi connectivity index (χ1n) is 6.45. The second-order valence-corrected chi connectivity index (χ2v) is 6.28. The molecule has 18 heavy (non-hydrogen) atoms. The van der Waals surface area contributed by atoms with Gasteiger partial charge >= 0.3 is 0 Å². The van der Waals surface area contributed by atoms with Crippen molar-refractivity contribution in [3.05, 3.63) is 34.6 Å². The third-order valence-corrected chi connectivity index (χ3v) is 4.97. The van der Waals surface area contributed by atoms with Crippen LogP contribution in [-0.2, 0) is 6.42 Å². The molecule has 1 aliphatic heterocycles. The van der Waals surface area contributed by atoms with Gasteiger partial charge in [0.25, 0.3) is 0 Å². The van der Waals surface area contributed by atoms with Gasteiger partial charge in [-0.05, 0) is 54.8 Å². The predicted molar refractivity (Wildman–Crippen MR) is 78.0 cm³/mol. The summed E-state index contributed by atoms with van der Waals surface area (Å²) in [6.45, 7) is 3.23. The molecule has 0 spiro atoms. The fourth-order valence-electron chi connectivity index (χ4n) is 2.34. The Morgan fingerprint density at radius 3 is 3.06 bits per heavy atom. The summed E-state index contributed by atoms with van der Waals surface area (Å²) in [6, 6.07) is 5.18. The van der Waals surface area contributed by atoms with Gasteiger partial charge in [0.1, 0.15) is 5.82 Å². The smallest absolute Gasteiger partial charge is 0.123 e. The van der Waals surface area contributed by atoms with E-state index in [4.69, 9.17) is 11.6 Å². The van der Waals surface area contributed by atoms with Crippen LogP contribution in [0.15, 0.2) is 18.2 Å². The van der Waals surface area contributed by atoms with E-state index in [9.17, 15) is 4.39 Å². The molecule has 0 aromatic heterocycles. The van der Waals surface area contributed by atoms with Gasteiger partial charge in [0.2, 0.25) is 0 Å². The number of hydrogen-bond donors (Lipinski definition) is 1. The molecule has 0 bridgehead atoms. The van der Waals surface area contributed by atoms with E-state index in [-0.39, 0.29) is 5.82 Å². The van der Waals surface area contributed by atoms with E-state index in [1.54, 1.807) is 12.1 Å². The number of halogens is 2. The molecule has 100 valence electrons. The summed E-state index contributed by atoms with van der Waals surface area (Å²) >= 11 is 8.10. The highest BCUT2D eigenvalue weighted by Crippen LogP contribution is 2.30. The van der Waals surface area contributed by atoms with Crippen molar-refractivity contribution in [2.24, 2.45) is 5.92 Å². The van der Waals surface area contributed by atoms with Gasteiger partial charge in [-0.2, -0.15) is 11.8 Å². The highest BCUT2D eigenvalue weighted by atomic mass is 35.5. The Balaban J connectivity index is 2.01. The molecule has 1 nitrogen and oxygen atoms in total. The van der Waals surface area contributed by atoms with Crippen LogP contribution in [0.3, 0.4) is 0 Å². The van der Waals surface area contributed by atoms with Crippen molar-refractivity contribution in [3.8, 4) is 0 Å². The van der Waals surface area contributed by atoms with E-state index in [1.807, 2.05) is 11.8 Å². The normalized spacial score (nSPS) is 23.5. The molecule has 1 heterocycles. The highest BCUT2D eigenvalue weighted by molar-refractivity contribution is 7.99. The summed E-state index contributed by atoms with van der Waals surface area (Å²) in [4.78, 5) is 0. The molecule has 4 heteroatoms. The molecule has 0 aliphatic carbocycles. The standard InChI is InChI=1S/C14H19ClFNS/c1-2-5-17-14-9-18-8-11(14)6-10-7-12(16)3-4-13(10)15/h3-4,7,11,14,17H,2,5-6,8-9H2,1H3. The molecule has 1 aliphatic rings. The van der Waals surface area contributed by atoms with E-state index in [0.29, 0.717) is 17.0 Å². The van der Waals surface area contributed by atoms with Gasteiger partial charge in [-0.3, -0.25) is 0 Å². The summed E-state index contributed by atoms with van der Waals surface area (Å²) in [5.74, 6) is 2.64. The molecule has 1 fully saturated rings. The maximum atomic E-state index is 13.2. The topological polar surface area (TPSA) is 12.0 Å². The maximum Gasteiger partial charge on any atom is 0.123 e. The molecule has 2 atom stereocenters. The molecular formula is C14H19ClFNS. The fourth-order valence-corrected chi connectivity index (χ4v) is 3.96. The zero-order chi connectivity index (χ0) is 13.0. The summed E-state index contributed by atoms with van der Waals surface area (Å²) in [5.41, 5.74) is 0.937. The van der Waals surface area contributed by atoms with Gasteiger partial charge in [0.05, 0.1) is 0 Å². The Kier molecular flexibility index (Phi) is 5.34. The first-order chi connectivity index (χ1) is 8.70. The fraction of sp³-hybridized carbons (Fsp3) is 0.571. The van der Waals surface area contributed by atoms with Crippen LogP contribution in [-0.4, -0.2) is 24.1 Å². The number of thioether (sulfide) groups is 1. The minimum Gasteiger partial charge on any atom is -0.313 e. The third-order valence-electron chi connectivity index (χ3n) is 3.34. The molecule has 0 radical (unpaired) electrons. The van der Waals surface area contributed by atoms with Crippen molar-refractivity contribution in [1.82, 2.24) is 5.32 Å². The monoisotopic (exact) mass is 287 g/mol. The molecule has 0 saturated carbocycles. The Bertz CT molecular complexity index is 399. The van der Waals surface area contributed by atoms with Crippen molar-refractivity contribution >= 4 is 23.4 Å². The average molecular weight is 288 g/mol. The average Bonchev–Trinajstić information content (AvgIpc) is 2.79. The molecule has 2 rings (SSSR count). The Morgan fingerprint density at radius 2 is 2.28 bits per heavy atom. The molecule has 1 saturated heterocycles. The van der Waals surface area contributed by atoms with Gasteiger partial charge < -0.3 is 5.32 Å². The molecular weight excluding hydrogens is 269 g/mol. The quantitative estimate of drug-likeness (QED) is 0.885. The van der Waals surface area contributed by atoms with Crippen LogP contribution in [0.2, 0.25) is 5.02 Å². The maximum absolute atomic E-state index is 13.2. The lowest BCUT2D eigenvalue weighted by Gasteiger charge is -2.20. The molecule has 2 unspecified atom stereocenters. The number of benzene rings is 1. The van der Waals surface area contributed by atoms with Crippen molar-refractivity contribution in [2.45, 2.75) is 25.8 Å². The van der Waals surface area contributed by atoms with E-state index in [0.717, 1.165) is 36.5 Å². The van der Waals surface area contributed by atoms with Crippen molar-refractivity contribution < 1.29 is 4.39 Å². The van der Waals surface area contributed by atoms with E-state index < -0.39 is 0 Å². The van der Waals surface area contributed by atoms with Crippen molar-refractivity contribution in [3.63, 3.8) is 0 Å². The van der Waals surface area contributed by atoms with Crippen LogP contribution in [0.5, 0.6) is 0 Å². The predicted octanol–water partition coefficient (Wildman–Crippen LogP) is 3.75. The Labute approximate surface area is 117 Å². The summed E-state index contributed by atoms with van der Waals surface area (Å²) in [7, 11) is 0. The highest BCUT2D eigenvalue weighted by Gasteiger charge is 2.27. The van der Waals surface area contributed by atoms with Crippen LogP contribution >= 0.6 is 23.4 Å². The second-order valence-electron chi connectivity index (χ2n) is 4.80. The lowest BCUT2D eigenvalue weighted by atomic mass is 9.95. The largest absolute Gasteiger partial charge is 0.313 e. The first-order valence-corrected chi connectivity index (χ1v) is 7.99. The van der Waals surface area contributed by atoms with Gasteiger partial charge in [-0.15, -0.1) is 0 Å². The lowest BCUT2D eigenvalue weighted by Crippen LogP contribution is -2.36. The minimum absolute atomic E-state index is 0.196. The Morgan fingerprint density at radius 1 is 1.44 bits per heavy atom. The molecule has 1 N–H and O–H groups in total. The second kappa shape index (κ2) is 6.78. The molecule has 1 aromatic carbocycles. The lowest BCUT2D eigenvalue weighted by molar-refractivity contribution is 0.425. The van der Waals surface area contributed by atoms with Crippen LogP contribution in [0, 0.1) is 11.7 Å². The molecule has 1 aromatic rings. The van der Waals surface area contributed by atoms with Gasteiger partial charge in [-0.25, -0.2) is 4.39 Å². The van der Waals surface area contributed by atoms with E-state index in [2.05, 4.69) is 12.2 Å². The minimum atomic E-state index is -0.196. The first kappa shape index (κ1) is 14.2. The summed E-state index contributed by atoms with van der Waals surface area (Å²) < 4.78 is 13.2. The third kappa shape index (κ3) is 3.62. The van der Waals surface area contributed by atoms with Crippen molar-refractivity contribution in [1.29, 1.82) is 0 Å². The van der Waals surface area contributed by atoms with E-state index in [1.165, 1.54) is 6.07 Å². The van der Waals surface area contributed by atoms with Gasteiger partial charge in [0, 0.05) is 16.8 Å². The zero-order valence-electron chi connectivity index (χ0n) is 10.6. The van der Waals surface area contributed by atoms with Crippen LogP contribution < -0.4 is 5.32 Å². The molecule has 0 amide bonds. The Hall–Kier alpha value is -0.250. The van der Waals surface area contributed by atoms with Crippen LogP contribution in [0.4, 0.5) is 4.39 Å². The summed E-state index contributed by atoms with van der Waals surface area (Å²) in [5, 5.41) is 4.26. The number of nitrogens with one attached hydrogen (secondary N) is 1. The summed E-state index contributed by atoms with van der Waals surface area (Å²) in [6.07, 6.45) is 2.01. The van der Waals surface area contributed by atoms with Crippen LogP contribution in [0.1, 0.15) is 18.9 Å². The SMILES string of the molecule is CCCNC1CSCC1Cc1cc(F)ccc1Cl.